The molecule has 0 aromatic rings. The number of carbonyl (C=O) groups is 1. The summed E-state index contributed by atoms with van der Waals surface area (Å²) < 4.78 is 0. The van der Waals surface area contributed by atoms with Gasteiger partial charge in [0.25, 0.3) is 0 Å². The second kappa shape index (κ2) is 14.3. The van der Waals surface area contributed by atoms with Gasteiger partial charge in [-0.1, -0.05) is 69.8 Å². The molecule has 138 valence electrons. The van der Waals surface area contributed by atoms with Gasteiger partial charge in [0, 0.05) is 6.42 Å². The van der Waals surface area contributed by atoms with Gasteiger partial charge in [-0.05, 0) is 56.8 Å². The molecule has 0 aromatic heterocycles. The van der Waals surface area contributed by atoms with Crippen molar-refractivity contribution in [1.29, 1.82) is 0 Å². The van der Waals surface area contributed by atoms with Crippen LogP contribution in [-0.2, 0) is 4.79 Å². The molecule has 1 saturated carbocycles. The summed E-state index contributed by atoms with van der Waals surface area (Å²) in [7, 11) is 0. The molecule has 0 radical (unpaired) electrons. The van der Waals surface area contributed by atoms with Crippen LogP contribution in [0.2, 0.25) is 0 Å². The van der Waals surface area contributed by atoms with Gasteiger partial charge in [-0.3, -0.25) is 4.79 Å². The van der Waals surface area contributed by atoms with Gasteiger partial charge in [0.05, 0.1) is 0 Å². The first-order valence-electron chi connectivity index (χ1n) is 10.3. The van der Waals surface area contributed by atoms with Gasteiger partial charge in [-0.2, -0.15) is 0 Å². The van der Waals surface area contributed by atoms with E-state index in [1.165, 1.54) is 70.6 Å². The fraction of sp³-hybridized carbons (Fsp3) is 0.773. The number of carboxylic acids is 1. The van der Waals surface area contributed by atoms with E-state index < -0.39 is 5.97 Å². The number of carboxylic acid groups (broad SMARTS) is 1. The van der Waals surface area contributed by atoms with Gasteiger partial charge in [0.1, 0.15) is 0 Å². The van der Waals surface area contributed by atoms with Crippen LogP contribution in [0.25, 0.3) is 0 Å². The van der Waals surface area contributed by atoms with Gasteiger partial charge >= 0.3 is 5.97 Å². The lowest BCUT2D eigenvalue weighted by molar-refractivity contribution is -0.137. The number of allylic oxidation sites excluding steroid dienone is 4. The Hall–Kier alpha value is -1.05. The zero-order chi connectivity index (χ0) is 17.5. The molecule has 1 fully saturated rings. The normalized spacial score (nSPS) is 21.2. The topological polar surface area (TPSA) is 37.3 Å². The Morgan fingerprint density at radius 2 is 1.71 bits per heavy atom. The predicted octanol–water partition coefficient (Wildman–Crippen LogP) is 6.91. The molecule has 1 aliphatic rings. The Balaban J connectivity index is 2.10. The maximum absolute atomic E-state index is 10.5. The van der Waals surface area contributed by atoms with E-state index in [-0.39, 0.29) is 6.42 Å². The third-order valence-corrected chi connectivity index (χ3v) is 5.19. The zero-order valence-corrected chi connectivity index (χ0v) is 15.7. The van der Waals surface area contributed by atoms with Gasteiger partial charge in [-0.15, -0.1) is 0 Å². The number of hydrogen-bond acceptors (Lipinski definition) is 1. The predicted molar refractivity (Wildman–Crippen MR) is 103 cm³/mol. The highest BCUT2D eigenvalue weighted by molar-refractivity contribution is 5.66. The average molecular weight is 335 g/mol. The quantitative estimate of drug-likeness (QED) is 0.277. The van der Waals surface area contributed by atoms with E-state index in [2.05, 4.69) is 31.2 Å². The van der Waals surface area contributed by atoms with E-state index in [0.717, 1.165) is 24.7 Å². The van der Waals surface area contributed by atoms with E-state index in [4.69, 9.17) is 5.11 Å². The lowest BCUT2D eigenvalue weighted by Gasteiger charge is -2.14. The summed E-state index contributed by atoms with van der Waals surface area (Å²) in [4.78, 5) is 10.5. The second-order valence-corrected chi connectivity index (χ2v) is 7.33. The molecule has 0 unspecified atom stereocenters. The number of hydrogen-bond donors (Lipinski definition) is 1. The van der Waals surface area contributed by atoms with E-state index in [0.29, 0.717) is 0 Å². The summed E-state index contributed by atoms with van der Waals surface area (Å²) >= 11 is 0. The maximum atomic E-state index is 10.5. The second-order valence-electron chi connectivity index (χ2n) is 7.33. The van der Waals surface area contributed by atoms with Crippen LogP contribution >= 0.6 is 0 Å². The highest BCUT2D eigenvalue weighted by Crippen LogP contribution is 2.35. The third-order valence-electron chi connectivity index (χ3n) is 5.19. The van der Waals surface area contributed by atoms with Crippen molar-refractivity contribution in [2.75, 3.05) is 0 Å². The van der Waals surface area contributed by atoms with Crippen molar-refractivity contribution >= 4 is 5.97 Å². The van der Waals surface area contributed by atoms with E-state index in [1.54, 1.807) is 0 Å². The molecule has 1 rings (SSSR count). The first kappa shape index (κ1) is 21.0. The molecule has 2 nitrogen and oxygen atoms in total. The molecule has 1 N–H and O–H groups in total. The summed E-state index contributed by atoms with van der Waals surface area (Å²) in [5.41, 5.74) is 0. The van der Waals surface area contributed by atoms with Crippen molar-refractivity contribution in [3.8, 4) is 0 Å². The number of aliphatic carboxylic acids is 1. The first-order valence-corrected chi connectivity index (χ1v) is 10.3. The van der Waals surface area contributed by atoms with Crippen LogP contribution in [0.5, 0.6) is 0 Å². The molecular formula is C22H38O2. The summed E-state index contributed by atoms with van der Waals surface area (Å²) in [6.07, 6.45) is 26.1. The van der Waals surface area contributed by atoms with Crippen LogP contribution in [0.3, 0.4) is 0 Å². The Bertz CT molecular complexity index is 370. The van der Waals surface area contributed by atoms with Crippen molar-refractivity contribution in [1.82, 2.24) is 0 Å². The van der Waals surface area contributed by atoms with Crippen molar-refractivity contribution < 1.29 is 9.90 Å². The van der Waals surface area contributed by atoms with E-state index in [9.17, 15) is 4.79 Å². The summed E-state index contributed by atoms with van der Waals surface area (Å²) in [6.45, 7) is 2.27. The molecule has 0 saturated heterocycles. The highest BCUT2D eigenvalue weighted by Gasteiger charge is 2.23. The molecule has 0 bridgehead atoms. The molecule has 0 spiro atoms. The Morgan fingerprint density at radius 3 is 2.50 bits per heavy atom. The molecule has 0 aromatic carbocycles. The smallest absolute Gasteiger partial charge is 0.303 e. The van der Waals surface area contributed by atoms with Crippen LogP contribution in [0.4, 0.5) is 0 Å². The van der Waals surface area contributed by atoms with Gasteiger partial charge in [-0.25, -0.2) is 0 Å². The Kier molecular flexibility index (Phi) is 12.5. The third kappa shape index (κ3) is 10.7. The Labute approximate surface area is 149 Å². The molecule has 0 amide bonds. The standard InChI is InChI=1S/C22H38O2/c1-2-3-4-5-6-7-8-11-15-20-17-14-18-21(20)16-12-9-10-13-19-22(23)24/h9,11-12,15,20-21H,2-8,10,13-14,16-19H2,1H3,(H,23,24)/b12-9-,15-11+/t20-,21-/m0/s1. The first-order chi connectivity index (χ1) is 11.7. The van der Waals surface area contributed by atoms with Gasteiger partial charge < -0.3 is 5.11 Å². The van der Waals surface area contributed by atoms with Crippen LogP contribution < -0.4 is 0 Å². The fourth-order valence-corrected chi connectivity index (χ4v) is 3.69. The minimum atomic E-state index is -0.685. The molecule has 2 atom stereocenters. The van der Waals surface area contributed by atoms with Crippen molar-refractivity contribution in [3.63, 3.8) is 0 Å². The SMILES string of the molecule is CCCCCCCC/C=C/[C@H]1CCC[C@@H]1C/C=C\CCCC(=O)O. The summed E-state index contributed by atoms with van der Waals surface area (Å²) in [6, 6.07) is 0. The van der Waals surface area contributed by atoms with Crippen LogP contribution in [0, 0.1) is 11.8 Å². The van der Waals surface area contributed by atoms with Gasteiger partial charge in [0.2, 0.25) is 0 Å². The fourth-order valence-electron chi connectivity index (χ4n) is 3.69. The Morgan fingerprint density at radius 1 is 0.958 bits per heavy atom. The van der Waals surface area contributed by atoms with Crippen LogP contribution in [0.1, 0.15) is 96.8 Å². The molecule has 1 aliphatic carbocycles. The average Bonchev–Trinajstić information content (AvgIpc) is 3.00. The van der Waals surface area contributed by atoms with Crippen LogP contribution in [-0.4, -0.2) is 11.1 Å². The lowest BCUT2D eigenvalue weighted by Crippen LogP contribution is -2.03. The summed E-state index contributed by atoms with van der Waals surface area (Å²) in [5, 5.41) is 8.62. The molecule has 0 heterocycles. The summed E-state index contributed by atoms with van der Waals surface area (Å²) in [5.74, 6) is 0.894. The van der Waals surface area contributed by atoms with Crippen molar-refractivity contribution in [3.05, 3.63) is 24.3 Å². The minimum absolute atomic E-state index is 0.289. The number of rotatable bonds is 14. The minimum Gasteiger partial charge on any atom is -0.481 e. The van der Waals surface area contributed by atoms with E-state index >= 15 is 0 Å². The van der Waals surface area contributed by atoms with Gasteiger partial charge in [0.15, 0.2) is 0 Å². The number of unbranched alkanes of at least 4 members (excludes halogenated alkanes) is 7. The largest absolute Gasteiger partial charge is 0.481 e. The molecule has 24 heavy (non-hydrogen) atoms. The molecule has 0 aliphatic heterocycles. The maximum Gasteiger partial charge on any atom is 0.303 e. The monoisotopic (exact) mass is 334 g/mol. The van der Waals surface area contributed by atoms with Crippen molar-refractivity contribution in [2.24, 2.45) is 11.8 Å². The van der Waals surface area contributed by atoms with Crippen LogP contribution in [0.15, 0.2) is 24.3 Å². The van der Waals surface area contributed by atoms with E-state index in [1.807, 2.05) is 0 Å². The van der Waals surface area contributed by atoms with Crippen molar-refractivity contribution in [2.45, 2.75) is 96.8 Å². The highest BCUT2D eigenvalue weighted by atomic mass is 16.4. The molecular weight excluding hydrogens is 296 g/mol. The lowest BCUT2D eigenvalue weighted by atomic mass is 9.92. The zero-order valence-electron chi connectivity index (χ0n) is 15.7. The molecule has 2 heteroatoms.